The number of piperazine rings is 1. The first-order chi connectivity index (χ1) is 12.0. The molecule has 7 heteroatoms. The molecule has 3 fully saturated rings. The normalized spacial score (nSPS) is 31.7. The van der Waals surface area contributed by atoms with Crippen molar-refractivity contribution in [3.63, 3.8) is 0 Å². The molecule has 0 radical (unpaired) electrons. The Bertz CT molecular complexity index is 443. The van der Waals surface area contributed by atoms with Crippen LogP contribution in [0.5, 0.6) is 0 Å². The van der Waals surface area contributed by atoms with Gasteiger partial charge in [-0.05, 0) is 40.2 Å². The Morgan fingerprint density at radius 3 is 2.58 bits per heavy atom. The fourth-order valence-corrected chi connectivity index (χ4v) is 4.37. The van der Waals surface area contributed by atoms with Crippen LogP contribution in [0.3, 0.4) is 0 Å². The largest absolute Gasteiger partial charge is 0.374 e. The lowest BCUT2D eigenvalue weighted by Gasteiger charge is -2.41. The van der Waals surface area contributed by atoms with Crippen molar-refractivity contribution in [1.82, 2.24) is 20.0 Å². The number of carbonyl (C=O) groups is 1. The SMILES string of the molecule is CC(C)N1CCOC(CN2CCN(C(=O)[C@H]3CCN[C@@H](C)C3)CC2)C1.Cl. The zero-order chi connectivity index (χ0) is 17.8. The molecule has 1 unspecified atom stereocenters. The predicted molar refractivity (Wildman–Crippen MR) is 107 cm³/mol. The lowest BCUT2D eigenvalue weighted by molar-refractivity contribution is -0.139. The monoisotopic (exact) mass is 388 g/mol. The van der Waals surface area contributed by atoms with Gasteiger partial charge in [0.15, 0.2) is 0 Å². The quantitative estimate of drug-likeness (QED) is 0.780. The molecule has 3 rings (SSSR count). The van der Waals surface area contributed by atoms with Gasteiger partial charge >= 0.3 is 0 Å². The first kappa shape index (κ1) is 21.9. The molecule has 0 bridgehead atoms. The molecule has 0 aliphatic carbocycles. The lowest BCUT2D eigenvalue weighted by atomic mass is 9.92. The maximum atomic E-state index is 12.8. The highest BCUT2D eigenvalue weighted by atomic mass is 35.5. The number of nitrogens with one attached hydrogen (secondary N) is 1. The fraction of sp³-hybridized carbons (Fsp3) is 0.947. The predicted octanol–water partition coefficient (Wildman–Crippen LogP) is 1.05. The molecule has 3 aliphatic heterocycles. The number of ether oxygens (including phenoxy) is 1. The van der Waals surface area contributed by atoms with Crippen LogP contribution in [0, 0.1) is 5.92 Å². The van der Waals surface area contributed by atoms with Gasteiger partial charge in [0.25, 0.3) is 0 Å². The van der Waals surface area contributed by atoms with Crippen LogP contribution in [0.25, 0.3) is 0 Å². The van der Waals surface area contributed by atoms with Crippen molar-refractivity contribution in [3.8, 4) is 0 Å². The van der Waals surface area contributed by atoms with Gasteiger partial charge in [0.2, 0.25) is 5.91 Å². The summed E-state index contributed by atoms with van der Waals surface area (Å²) in [5.74, 6) is 0.608. The van der Waals surface area contributed by atoms with E-state index in [0.717, 1.165) is 71.8 Å². The van der Waals surface area contributed by atoms with Crippen molar-refractivity contribution in [2.45, 2.75) is 51.8 Å². The summed E-state index contributed by atoms with van der Waals surface area (Å²) >= 11 is 0. The Morgan fingerprint density at radius 2 is 1.92 bits per heavy atom. The molecule has 0 aromatic rings. The van der Waals surface area contributed by atoms with Crippen molar-refractivity contribution in [1.29, 1.82) is 0 Å². The Kier molecular flexibility index (Phi) is 8.61. The number of hydrogen-bond donors (Lipinski definition) is 1. The summed E-state index contributed by atoms with van der Waals surface area (Å²) in [5.41, 5.74) is 0. The Labute approximate surface area is 165 Å². The molecule has 152 valence electrons. The summed E-state index contributed by atoms with van der Waals surface area (Å²) in [7, 11) is 0. The van der Waals surface area contributed by atoms with E-state index in [4.69, 9.17) is 4.74 Å². The molecule has 1 amide bonds. The van der Waals surface area contributed by atoms with Gasteiger partial charge in [-0.2, -0.15) is 0 Å². The molecule has 3 atom stereocenters. The van der Waals surface area contributed by atoms with E-state index in [9.17, 15) is 4.79 Å². The molecule has 0 saturated carbocycles. The minimum Gasteiger partial charge on any atom is -0.374 e. The van der Waals surface area contributed by atoms with Crippen molar-refractivity contribution in [3.05, 3.63) is 0 Å². The summed E-state index contributed by atoms with van der Waals surface area (Å²) in [6, 6.07) is 1.06. The van der Waals surface area contributed by atoms with Crippen LogP contribution in [-0.2, 0) is 9.53 Å². The van der Waals surface area contributed by atoms with Crippen LogP contribution < -0.4 is 5.32 Å². The smallest absolute Gasteiger partial charge is 0.225 e. The molecular formula is C19H37ClN4O2. The summed E-state index contributed by atoms with van der Waals surface area (Å²) in [6.45, 7) is 15.3. The third-order valence-corrected chi connectivity index (χ3v) is 6.02. The average molecular weight is 389 g/mol. The van der Waals surface area contributed by atoms with Gasteiger partial charge in [0.1, 0.15) is 0 Å². The second kappa shape index (κ2) is 10.2. The number of rotatable bonds is 4. The van der Waals surface area contributed by atoms with E-state index >= 15 is 0 Å². The van der Waals surface area contributed by atoms with E-state index in [1.807, 2.05) is 0 Å². The summed E-state index contributed by atoms with van der Waals surface area (Å²) in [4.78, 5) is 19.8. The van der Waals surface area contributed by atoms with Crippen LogP contribution in [-0.4, -0.2) is 97.8 Å². The Morgan fingerprint density at radius 1 is 1.19 bits per heavy atom. The number of halogens is 1. The van der Waals surface area contributed by atoms with Crippen LogP contribution in [0.4, 0.5) is 0 Å². The minimum atomic E-state index is 0. The van der Waals surface area contributed by atoms with E-state index in [1.54, 1.807) is 0 Å². The van der Waals surface area contributed by atoms with Gasteiger partial charge in [0.05, 0.1) is 12.7 Å². The summed E-state index contributed by atoms with van der Waals surface area (Å²) in [6.07, 6.45) is 2.29. The van der Waals surface area contributed by atoms with Crippen LogP contribution in [0.2, 0.25) is 0 Å². The minimum absolute atomic E-state index is 0. The van der Waals surface area contributed by atoms with Gasteiger partial charge in [-0.15, -0.1) is 12.4 Å². The highest BCUT2D eigenvalue weighted by Gasteiger charge is 2.31. The molecule has 3 saturated heterocycles. The van der Waals surface area contributed by atoms with Crippen LogP contribution in [0.1, 0.15) is 33.6 Å². The van der Waals surface area contributed by atoms with Crippen molar-refractivity contribution >= 4 is 18.3 Å². The number of piperidine rings is 1. The molecule has 3 aliphatic rings. The maximum absolute atomic E-state index is 12.8. The zero-order valence-electron chi connectivity index (χ0n) is 16.7. The number of carbonyl (C=O) groups excluding carboxylic acids is 1. The molecule has 0 aromatic carbocycles. The van der Waals surface area contributed by atoms with Crippen molar-refractivity contribution in [2.75, 3.05) is 59.0 Å². The number of amides is 1. The third-order valence-electron chi connectivity index (χ3n) is 6.02. The Hall–Kier alpha value is -0.400. The maximum Gasteiger partial charge on any atom is 0.225 e. The Balaban J connectivity index is 0.00000243. The summed E-state index contributed by atoms with van der Waals surface area (Å²) in [5, 5.41) is 3.44. The molecule has 0 spiro atoms. The van der Waals surface area contributed by atoms with Crippen LogP contribution in [0.15, 0.2) is 0 Å². The molecule has 1 N–H and O–H groups in total. The highest BCUT2D eigenvalue weighted by Crippen LogP contribution is 2.20. The number of hydrogen-bond acceptors (Lipinski definition) is 5. The second-order valence-electron chi connectivity index (χ2n) is 8.28. The van der Waals surface area contributed by atoms with E-state index < -0.39 is 0 Å². The van der Waals surface area contributed by atoms with E-state index in [-0.39, 0.29) is 18.3 Å². The standard InChI is InChI=1S/C19H36N4O2.ClH/c1-15(2)23-10-11-25-18(14-23)13-21-6-8-22(9-7-21)19(24)17-4-5-20-16(3)12-17;/h15-18,20H,4-14H2,1-3H3;1H/t16-,17-,18?;/m0./s1. The van der Waals surface area contributed by atoms with Gasteiger partial charge in [-0.25, -0.2) is 0 Å². The van der Waals surface area contributed by atoms with Gasteiger partial charge in [-0.3, -0.25) is 14.6 Å². The summed E-state index contributed by atoms with van der Waals surface area (Å²) < 4.78 is 5.97. The van der Waals surface area contributed by atoms with Crippen molar-refractivity contribution in [2.24, 2.45) is 5.92 Å². The van der Waals surface area contributed by atoms with Gasteiger partial charge in [-0.1, -0.05) is 0 Å². The zero-order valence-corrected chi connectivity index (χ0v) is 17.5. The number of nitrogens with zero attached hydrogens (tertiary/aromatic N) is 3. The number of morpholine rings is 1. The first-order valence-electron chi connectivity index (χ1n) is 10.1. The van der Waals surface area contributed by atoms with Gasteiger partial charge in [0, 0.05) is 63.8 Å². The van der Waals surface area contributed by atoms with Gasteiger partial charge < -0.3 is 15.0 Å². The highest BCUT2D eigenvalue weighted by molar-refractivity contribution is 5.85. The molecule has 6 nitrogen and oxygen atoms in total. The fourth-order valence-electron chi connectivity index (χ4n) is 4.37. The topological polar surface area (TPSA) is 48.1 Å². The molecule has 0 aromatic heterocycles. The molecular weight excluding hydrogens is 352 g/mol. The third kappa shape index (κ3) is 5.80. The van der Waals surface area contributed by atoms with Crippen LogP contribution >= 0.6 is 12.4 Å². The average Bonchev–Trinajstić information content (AvgIpc) is 2.62. The lowest BCUT2D eigenvalue weighted by Crippen LogP contribution is -2.55. The second-order valence-corrected chi connectivity index (χ2v) is 8.28. The first-order valence-corrected chi connectivity index (χ1v) is 10.1. The van der Waals surface area contributed by atoms with E-state index in [0.29, 0.717) is 24.1 Å². The van der Waals surface area contributed by atoms with E-state index in [2.05, 4.69) is 40.8 Å². The van der Waals surface area contributed by atoms with E-state index in [1.165, 1.54) is 0 Å². The van der Waals surface area contributed by atoms with Crippen molar-refractivity contribution < 1.29 is 9.53 Å². The molecule has 26 heavy (non-hydrogen) atoms. The molecule has 3 heterocycles.